The standard InChI is InChI=1S/C11H15ClOS2/c1-8(2)6-14-7-9(13)5-10-3-4-11(12)15-10/h3-4,8H,5-7H2,1-2H3. The summed E-state index contributed by atoms with van der Waals surface area (Å²) in [4.78, 5) is 12.6. The molecule has 1 nitrogen and oxygen atoms in total. The van der Waals surface area contributed by atoms with Gasteiger partial charge >= 0.3 is 0 Å². The molecule has 1 aromatic heterocycles. The van der Waals surface area contributed by atoms with E-state index in [4.69, 9.17) is 11.6 Å². The highest BCUT2D eigenvalue weighted by Gasteiger charge is 2.06. The van der Waals surface area contributed by atoms with Crippen LogP contribution in [0, 0.1) is 5.92 Å². The molecule has 15 heavy (non-hydrogen) atoms. The smallest absolute Gasteiger partial charge is 0.147 e. The van der Waals surface area contributed by atoms with Gasteiger partial charge in [0.15, 0.2) is 0 Å². The first-order valence-electron chi connectivity index (χ1n) is 4.91. The second-order valence-corrected chi connectivity index (χ2v) is 6.66. The van der Waals surface area contributed by atoms with Crippen molar-refractivity contribution in [2.75, 3.05) is 11.5 Å². The fraction of sp³-hybridized carbons (Fsp3) is 0.545. The maximum atomic E-state index is 11.5. The molecule has 0 saturated heterocycles. The van der Waals surface area contributed by atoms with Crippen molar-refractivity contribution in [2.45, 2.75) is 20.3 Å². The zero-order valence-corrected chi connectivity index (χ0v) is 11.3. The minimum atomic E-state index is 0.291. The Kier molecular flexibility index (Phi) is 5.72. The number of hydrogen-bond acceptors (Lipinski definition) is 3. The maximum absolute atomic E-state index is 11.5. The molecule has 4 heteroatoms. The van der Waals surface area contributed by atoms with Crippen molar-refractivity contribution in [3.8, 4) is 0 Å². The second kappa shape index (κ2) is 6.56. The molecule has 1 aromatic rings. The first-order valence-corrected chi connectivity index (χ1v) is 7.26. The lowest BCUT2D eigenvalue weighted by Gasteiger charge is -2.02. The molecule has 0 atom stereocenters. The third-order valence-electron chi connectivity index (χ3n) is 1.71. The van der Waals surface area contributed by atoms with E-state index in [0.29, 0.717) is 23.9 Å². The Balaban J connectivity index is 2.24. The molecule has 0 fully saturated rings. The van der Waals surface area contributed by atoms with Crippen molar-refractivity contribution in [3.63, 3.8) is 0 Å². The highest BCUT2D eigenvalue weighted by atomic mass is 35.5. The molecule has 0 aliphatic rings. The summed E-state index contributed by atoms with van der Waals surface area (Å²) in [5.41, 5.74) is 0. The molecule has 1 heterocycles. The van der Waals surface area contributed by atoms with Gasteiger partial charge in [-0.05, 0) is 23.8 Å². The molecular weight excluding hydrogens is 248 g/mol. The van der Waals surface area contributed by atoms with E-state index in [-0.39, 0.29) is 0 Å². The summed E-state index contributed by atoms with van der Waals surface area (Å²) in [6.07, 6.45) is 0.530. The van der Waals surface area contributed by atoms with Crippen LogP contribution in [0.25, 0.3) is 0 Å². The van der Waals surface area contributed by atoms with Crippen molar-refractivity contribution in [3.05, 3.63) is 21.3 Å². The summed E-state index contributed by atoms with van der Waals surface area (Å²) >= 11 is 9.00. The number of thioether (sulfide) groups is 1. The lowest BCUT2D eigenvalue weighted by molar-refractivity contribution is -0.115. The van der Waals surface area contributed by atoms with E-state index in [1.807, 2.05) is 12.1 Å². The van der Waals surface area contributed by atoms with Crippen LogP contribution in [0.1, 0.15) is 18.7 Å². The Hall–Kier alpha value is 0.01000. The van der Waals surface area contributed by atoms with Gasteiger partial charge in [0.25, 0.3) is 0 Å². The molecule has 0 bridgehead atoms. The van der Waals surface area contributed by atoms with Gasteiger partial charge in [0.1, 0.15) is 5.78 Å². The number of halogens is 1. The van der Waals surface area contributed by atoms with E-state index in [1.54, 1.807) is 11.8 Å². The van der Waals surface area contributed by atoms with Gasteiger partial charge in [0, 0.05) is 11.3 Å². The third kappa shape index (κ3) is 5.59. The van der Waals surface area contributed by atoms with Crippen LogP contribution in [0.3, 0.4) is 0 Å². The number of rotatable bonds is 6. The SMILES string of the molecule is CC(C)CSCC(=O)Cc1ccc(Cl)s1. The Bertz CT molecular complexity index is 320. The van der Waals surface area contributed by atoms with Crippen molar-refractivity contribution >= 4 is 40.5 Å². The molecule has 0 unspecified atom stereocenters. The molecule has 1 rings (SSSR count). The van der Waals surface area contributed by atoms with Crippen LogP contribution in [0.5, 0.6) is 0 Å². The summed E-state index contributed by atoms with van der Waals surface area (Å²) in [7, 11) is 0. The van der Waals surface area contributed by atoms with E-state index in [9.17, 15) is 4.79 Å². The van der Waals surface area contributed by atoms with E-state index >= 15 is 0 Å². The van der Waals surface area contributed by atoms with Gasteiger partial charge in [-0.3, -0.25) is 4.79 Å². The molecule has 0 aromatic carbocycles. The number of ketones is 1. The second-order valence-electron chi connectivity index (χ2n) is 3.83. The topological polar surface area (TPSA) is 17.1 Å². The Morgan fingerprint density at radius 2 is 2.27 bits per heavy atom. The normalized spacial score (nSPS) is 10.9. The summed E-state index contributed by atoms with van der Waals surface area (Å²) < 4.78 is 0.757. The van der Waals surface area contributed by atoms with Crippen LogP contribution in [0.2, 0.25) is 4.34 Å². The predicted molar refractivity (Wildman–Crippen MR) is 70.2 cm³/mol. The lowest BCUT2D eigenvalue weighted by Crippen LogP contribution is -2.06. The minimum absolute atomic E-state index is 0.291. The fourth-order valence-corrected chi connectivity index (χ4v) is 3.14. The van der Waals surface area contributed by atoms with Crippen molar-refractivity contribution in [1.82, 2.24) is 0 Å². The summed E-state index contributed by atoms with van der Waals surface area (Å²) in [5.74, 6) is 2.61. The van der Waals surface area contributed by atoms with Gasteiger partial charge < -0.3 is 0 Å². The average molecular weight is 263 g/mol. The summed E-state index contributed by atoms with van der Waals surface area (Å²) in [5, 5.41) is 0. The Morgan fingerprint density at radius 1 is 1.53 bits per heavy atom. The number of hydrogen-bond donors (Lipinski definition) is 0. The monoisotopic (exact) mass is 262 g/mol. The largest absolute Gasteiger partial charge is 0.298 e. The molecular formula is C11H15ClOS2. The van der Waals surface area contributed by atoms with E-state index in [2.05, 4.69) is 13.8 Å². The van der Waals surface area contributed by atoms with E-state index < -0.39 is 0 Å². The molecule has 0 amide bonds. The molecule has 84 valence electrons. The van der Waals surface area contributed by atoms with E-state index in [1.165, 1.54) is 11.3 Å². The number of carbonyl (C=O) groups is 1. The van der Waals surface area contributed by atoms with Gasteiger partial charge in [-0.2, -0.15) is 11.8 Å². The van der Waals surface area contributed by atoms with Gasteiger partial charge in [0.05, 0.1) is 10.1 Å². The fourth-order valence-electron chi connectivity index (χ4n) is 1.10. The zero-order valence-electron chi connectivity index (χ0n) is 8.96. The van der Waals surface area contributed by atoms with Crippen LogP contribution in [-0.4, -0.2) is 17.3 Å². The van der Waals surface area contributed by atoms with Crippen molar-refractivity contribution in [1.29, 1.82) is 0 Å². The molecule has 0 aliphatic heterocycles. The minimum Gasteiger partial charge on any atom is -0.298 e. The molecule has 0 aliphatic carbocycles. The first kappa shape index (κ1) is 13.1. The van der Waals surface area contributed by atoms with E-state index in [0.717, 1.165) is 15.0 Å². The Labute approximate surface area is 104 Å². The Morgan fingerprint density at radius 3 is 2.80 bits per heavy atom. The van der Waals surface area contributed by atoms with Crippen molar-refractivity contribution < 1.29 is 4.79 Å². The van der Waals surface area contributed by atoms with Gasteiger partial charge in [0.2, 0.25) is 0 Å². The summed E-state index contributed by atoms with van der Waals surface area (Å²) in [6.45, 7) is 4.33. The molecule has 0 saturated carbocycles. The van der Waals surface area contributed by atoms with Crippen LogP contribution < -0.4 is 0 Å². The quantitative estimate of drug-likeness (QED) is 0.773. The summed E-state index contributed by atoms with van der Waals surface area (Å²) in [6, 6.07) is 3.77. The highest BCUT2D eigenvalue weighted by Crippen LogP contribution is 2.22. The van der Waals surface area contributed by atoms with Gasteiger partial charge in [-0.25, -0.2) is 0 Å². The average Bonchev–Trinajstić information content (AvgIpc) is 2.50. The van der Waals surface area contributed by atoms with Crippen molar-refractivity contribution in [2.24, 2.45) is 5.92 Å². The lowest BCUT2D eigenvalue weighted by atomic mass is 10.3. The molecule has 0 N–H and O–H groups in total. The van der Waals surface area contributed by atoms with Crippen LogP contribution >= 0.6 is 34.7 Å². The van der Waals surface area contributed by atoms with Crippen LogP contribution in [0.15, 0.2) is 12.1 Å². The molecule has 0 spiro atoms. The first-order chi connectivity index (χ1) is 7.08. The third-order valence-corrected chi connectivity index (χ3v) is 4.37. The maximum Gasteiger partial charge on any atom is 0.147 e. The number of thiophene rings is 1. The van der Waals surface area contributed by atoms with Gasteiger partial charge in [-0.15, -0.1) is 11.3 Å². The molecule has 0 radical (unpaired) electrons. The van der Waals surface area contributed by atoms with Crippen LogP contribution in [0.4, 0.5) is 0 Å². The predicted octanol–water partition coefficient (Wildman–Crippen LogP) is 3.90. The van der Waals surface area contributed by atoms with Crippen LogP contribution in [-0.2, 0) is 11.2 Å². The number of Topliss-reactive ketones (excluding diaryl/α,β-unsaturated/α-hetero) is 1. The number of carbonyl (C=O) groups excluding carboxylic acids is 1. The van der Waals surface area contributed by atoms with Gasteiger partial charge in [-0.1, -0.05) is 25.4 Å². The zero-order chi connectivity index (χ0) is 11.3. The highest BCUT2D eigenvalue weighted by molar-refractivity contribution is 7.99.